The molecule has 1 aliphatic carbocycles. The maximum Gasteiger partial charge on any atom is 0.270 e. The van der Waals surface area contributed by atoms with Gasteiger partial charge in [-0.25, -0.2) is 0 Å². The molecule has 26 heavy (non-hydrogen) atoms. The van der Waals surface area contributed by atoms with Crippen LogP contribution in [0.4, 0.5) is 5.69 Å². The second kappa shape index (κ2) is 7.08. The molecule has 2 N–H and O–H groups in total. The van der Waals surface area contributed by atoms with E-state index in [2.05, 4.69) is 34.3 Å². The number of carbonyl (C=O) groups is 1. The SMILES string of the molecule is C[C@@H]1CN(c2ccnc(C(=O)N[C@@H]3C[C@H]3c3ccccc3)c2)CC[C@@H]1O. The summed E-state index contributed by atoms with van der Waals surface area (Å²) in [7, 11) is 0. The number of aromatic nitrogens is 1. The first-order valence-corrected chi connectivity index (χ1v) is 9.36. The highest BCUT2D eigenvalue weighted by Crippen LogP contribution is 2.40. The maximum absolute atomic E-state index is 12.6. The predicted molar refractivity (Wildman–Crippen MR) is 101 cm³/mol. The highest BCUT2D eigenvalue weighted by atomic mass is 16.3. The normalized spacial score (nSPS) is 27.8. The lowest BCUT2D eigenvalue weighted by atomic mass is 9.96. The van der Waals surface area contributed by atoms with Crippen molar-refractivity contribution in [1.29, 1.82) is 0 Å². The summed E-state index contributed by atoms with van der Waals surface area (Å²) >= 11 is 0. The Morgan fingerprint density at radius 3 is 2.85 bits per heavy atom. The lowest BCUT2D eigenvalue weighted by Gasteiger charge is -2.36. The zero-order valence-electron chi connectivity index (χ0n) is 15.0. The average Bonchev–Trinajstić information content (AvgIpc) is 3.44. The van der Waals surface area contributed by atoms with Gasteiger partial charge in [-0.2, -0.15) is 0 Å². The molecule has 1 aromatic heterocycles. The van der Waals surface area contributed by atoms with Crippen LogP contribution in [0.2, 0.25) is 0 Å². The zero-order valence-corrected chi connectivity index (χ0v) is 15.0. The van der Waals surface area contributed by atoms with Crippen molar-refractivity contribution < 1.29 is 9.90 Å². The number of nitrogens with one attached hydrogen (secondary N) is 1. The van der Waals surface area contributed by atoms with Crippen molar-refractivity contribution in [2.75, 3.05) is 18.0 Å². The Morgan fingerprint density at radius 2 is 2.08 bits per heavy atom. The second-order valence-corrected chi connectivity index (χ2v) is 7.51. The Hall–Kier alpha value is -2.40. The quantitative estimate of drug-likeness (QED) is 0.889. The van der Waals surface area contributed by atoms with Crippen LogP contribution in [0.3, 0.4) is 0 Å². The van der Waals surface area contributed by atoms with Gasteiger partial charge in [0.2, 0.25) is 0 Å². The minimum absolute atomic E-state index is 0.111. The van der Waals surface area contributed by atoms with E-state index in [1.165, 1.54) is 5.56 Å². The van der Waals surface area contributed by atoms with Gasteiger partial charge in [0.05, 0.1) is 6.10 Å². The molecule has 2 heterocycles. The molecule has 136 valence electrons. The van der Waals surface area contributed by atoms with Gasteiger partial charge < -0.3 is 15.3 Å². The first kappa shape index (κ1) is 17.0. The maximum atomic E-state index is 12.6. The second-order valence-electron chi connectivity index (χ2n) is 7.51. The number of benzene rings is 1. The minimum atomic E-state index is -0.236. The summed E-state index contributed by atoms with van der Waals surface area (Å²) in [5.74, 6) is 0.528. The van der Waals surface area contributed by atoms with Crippen molar-refractivity contribution in [2.24, 2.45) is 5.92 Å². The van der Waals surface area contributed by atoms with Gasteiger partial charge in [0, 0.05) is 36.9 Å². The summed E-state index contributed by atoms with van der Waals surface area (Å²) in [6.45, 7) is 3.66. The smallest absolute Gasteiger partial charge is 0.270 e. The molecule has 2 aromatic rings. The van der Waals surface area contributed by atoms with E-state index in [1.54, 1.807) is 6.20 Å². The number of aliphatic hydroxyl groups is 1. The Labute approximate surface area is 154 Å². The number of hydrogen-bond donors (Lipinski definition) is 2. The van der Waals surface area contributed by atoms with Gasteiger partial charge in [0.15, 0.2) is 0 Å². The molecule has 4 rings (SSSR count). The van der Waals surface area contributed by atoms with Gasteiger partial charge in [0.25, 0.3) is 5.91 Å². The molecule has 2 aliphatic rings. The Balaban J connectivity index is 1.40. The number of piperidine rings is 1. The first-order chi connectivity index (χ1) is 12.6. The van der Waals surface area contributed by atoms with E-state index in [0.29, 0.717) is 11.6 Å². The van der Waals surface area contributed by atoms with E-state index in [1.807, 2.05) is 30.3 Å². The highest BCUT2D eigenvalue weighted by molar-refractivity contribution is 5.93. The first-order valence-electron chi connectivity index (χ1n) is 9.36. The number of pyridine rings is 1. The molecule has 1 amide bonds. The molecular weight excluding hydrogens is 326 g/mol. The number of aliphatic hydroxyl groups excluding tert-OH is 1. The fourth-order valence-corrected chi connectivity index (χ4v) is 3.77. The zero-order chi connectivity index (χ0) is 18.1. The fourth-order valence-electron chi connectivity index (χ4n) is 3.77. The number of anilines is 1. The molecule has 1 saturated heterocycles. The van der Waals surface area contributed by atoms with Gasteiger partial charge in [-0.1, -0.05) is 37.3 Å². The largest absolute Gasteiger partial charge is 0.393 e. The summed E-state index contributed by atoms with van der Waals surface area (Å²) in [6.07, 6.45) is 3.20. The lowest BCUT2D eigenvalue weighted by molar-refractivity contribution is 0.0942. The predicted octanol–water partition coefficient (Wildman–Crippen LogP) is 2.57. The summed E-state index contributed by atoms with van der Waals surface area (Å²) in [5, 5.41) is 13.0. The Morgan fingerprint density at radius 1 is 1.27 bits per heavy atom. The monoisotopic (exact) mass is 351 g/mol. The fraction of sp³-hybridized carbons (Fsp3) is 0.429. The third kappa shape index (κ3) is 3.58. The van der Waals surface area contributed by atoms with E-state index in [9.17, 15) is 9.90 Å². The minimum Gasteiger partial charge on any atom is -0.393 e. The summed E-state index contributed by atoms with van der Waals surface area (Å²) in [4.78, 5) is 19.1. The molecule has 1 aromatic carbocycles. The van der Waals surface area contributed by atoms with Crippen LogP contribution in [-0.2, 0) is 0 Å². The van der Waals surface area contributed by atoms with E-state index < -0.39 is 0 Å². The molecular formula is C21H25N3O2. The number of carbonyl (C=O) groups excluding carboxylic acids is 1. The number of hydrogen-bond acceptors (Lipinski definition) is 4. The van der Waals surface area contributed by atoms with Crippen molar-refractivity contribution in [3.63, 3.8) is 0 Å². The third-order valence-electron chi connectivity index (χ3n) is 5.54. The highest BCUT2D eigenvalue weighted by Gasteiger charge is 2.39. The topological polar surface area (TPSA) is 65.5 Å². The molecule has 0 radical (unpaired) electrons. The molecule has 0 bridgehead atoms. The van der Waals surface area contributed by atoms with Gasteiger partial charge in [-0.05, 0) is 36.5 Å². The van der Waals surface area contributed by atoms with Crippen LogP contribution in [-0.4, -0.2) is 41.2 Å². The van der Waals surface area contributed by atoms with Crippen LogP contribution >= 0.6 is 0 Å². The lowest BCUT2D eigenvalue weighted by Crippen LogP contribution is -2.42. The van der Waals surface area contributed by atoms with Crippen LogP contribution in [0.1, 0.15) is 41.7 Å². The third-order valence-corrected chi connectivity index (χ3v) is 5.54. The molecule has 4 atom stereocenters. The Bertz CT molecular complexity index is 780. The number of rotatable bonds is 4. The van der Waals surface area contributed by atoms with Crippen LogP contribution in [0.25, 0.3) is 0 Å². The van der Waals surface area contributed by atoms with Crippen LogP contribution in [0.15, 0.2) is 48.7 Å². The molecule has 1 saturated carbocycles. The molecule has 2 fully saturated rings. The average molecular weight is 351 g/mol. The molecule has 0 unspecified atom stereocenters. The van der Waals surface area contributed by atoms with Gasteiger partial charge in [0.1, 0.15) is 5.69 Å². The number of nitrogens with zero attached hydrogens (tertiary/aromatic N) is 2. The van der Waals surface area contributed by atoms with Crippen LogP contribution in [0, 0.1) is 5.92 Å². The molecule has 1 aliphatic heterocycles. The summed E-state index contributed by atoms with van der Waals surface area (Å²) < 4.78 is 0. The Kier molecular flexibility index (Phi) is 4.64. The van der Waals surface area contributed by atoms with Crippen LogP contribution < -0.4 is 10.2 Å². The standard InChI is InChI=1S/C21H25N3O2/c1-14-13-24(10-8-20(14)25)16-7-9-22-19(11-16)21(26)23-18-12-17(18)15-5-3-2-4-6-15/h2-7,9,11,14,17-18,20,25H,8,10,12-13H2,1H3,(H,23,26)/t14-,17+,18-,20+/m1/s1. The van der Waals surface area contributed by atoms with Gasteiger partial charge in [-0.15, -0.1) is 0 Å². The summed E-state index contributed by atoms with van der Waals surface area (Å²) in [6, 6.07) is 14.3. The van der Waals surface area contributed by atoms with Gasteiger partial charge >= 0.3 is 0 Å². The van der Waals surface area contributed by atoms with E-state index in [0.717, 1.165) is 31.6 Å². The van der Waals surface area contributed by atoms with Crippen molar-refractivity contribution in [3.8, 4) is 0 Å². The molecule has 5 heteroatoms. The van der Waals surface area contributed by atoms with Crippen molar-refractivity contribution in [2.45, 2.75) is 37.8 Å². The van der Waals surface area contributed by atoms with Crippen molar-refractivity contribution in [1.82, 2.24) is 10.3 Å². The summed E-state index contributed by atoms with van der Waals surface area (Å²) in [5.41, 5.74) is 2.74. The number of amides is 1. The van der Waals surface area contributed by atoms with Crippen LogP contribution in [0.5, 0.6) is 0 Å². The van der Waals surface area contributed by atoms with Crippen molar-refractivity contribution >= 4 is 11.6 Å². The van der Waals surface area contributed by atoms with E-state index >= 15 is 0 Å². The molecule has 5 nitrogen and oxygen atoms in total. The van der Waals surface area contributed by atoms with E-state index in [-0.39, 0.29) is 24.0 Å². The molecule has 0 spiro atoms. The van der Waals surface area contributed by atoms with E-state index in [4.69, 9.17) is 0 Å². The van der Waals surface area contributed by atoms with Gasteiger partial charge in [-0.3, -0.25) is 9.78 Å². The van der Waals surface area contributed by atoms with Crippen molar-refractivity contribution in [3.05, 3.63) is 59.9 Å².